The number of hydrogen-bond acceptors (Lipinski definition) is 3. The normalized spacial score (nSPS) is 21.6. The lowest BCUT2D eigenvalue weighted by Gasteiger charge is -2.19. The number of hydrogen-bond donors (Lipinski definition) is 2. The molecule has 0 radical (unpaired) electrons. The van der Waals surface area contributed by atoms with Crippen LogP contribution in [0.3, 0.4) is 0 Å². The second kappa shape index (κ2) is 7.40. The van der Waals surface area contributed by atoms with Crippen molar-refractivity contribution in [1.29, 1.82) is 0 Å². The molecule has 2 aromatic heterocycles. The lowest BCUT2D eigenvalue weighted by atomic mass is 9.94. The van der Waals surface area contributed by atoms with E-state index < -0.39 is 0 Å². The van der Waals surface area contributed by atoms with E-state index in [2.05, 4.69) is 21.4 Å². The minimum atomic E-state index is -0.0144. The largest absolute Gasteiger partial charge is 0.379 e. The maximum atomic E-state index is 13.1. The fourth-order valence-electron chi connectivity index (χ4n) is 4.65. The summed E-state index contributed by atoms with van der Waals surface area (Å²) in [5.74, 6) is 0.266. The van der Waals surface area contributed by atoms with Crippen molar-refractivity contribution < 1.29 is 9.53 Å². The molecule has 5 nitrogen and oxygen atoms in total. The van der Waals surface area contributed by atoms with Crippen LogP contribution in [0.15, 0.2) is 42.7 Å². The van der Waals surface area contributed by atoms with E-state index in [-0.39, 0.29) is 17.9 Å². The number of nitrogens with zero attached hydrogens (tertiary/aromatic N) is 1. The van der Waals surface area contributed by atoms with Crippen molar-refractivity contribution in [2.24, 2.45) is 5.92 Å². The number of H-pyrrole nitrogens is 1. The summed E-state index contributed by atoms with van der Waals surface area (Å²) < 4.78 is 5.69. The Labute approximate surface area is 164 Å². The highest BCUT2D eigenvalue weighted by Crippen LogP contribution is 2.31. The zero-order chi connectivity index (χ0) is 18.9. The van der Waals surface area contributed by atoms with Crippen LogP contribution < -0.4 is 5.32 Å². The number of rotatable bonds is 4. The molecule has 1 fully saturated rings. The molecule has 2 N–H and O–H groups in total. The number of pyridine rings is 1. The molecule has 1 aliphatic heterocycles. The zero-order valence-corrected chi connectivity index (χ0v) is 15.9. The molecule has 2 aliphatic rings. The highest BCUT2D eigenvalue weighted by molar-refractivity contribution is 6.07. The number of nitrogens with one attached hydrogen (secondary N) is 2. The predicted molar refractivity (Wildman–Crippen MR) is 108 cm³/mol. The van der Waals surface area contributed by atoms with Crippen molar-refractivity contribution in [3.8, 4) is 0 Å². The summed E-state index contributed by atoms with van der Waals surface area (Å²) in [5.41, 5.74) is 5.65. The van der Waals surface area contributed by atoms with Crippen LogP contribution in [-0.2, 0) is 24.0 Å². The van der Waals surface area contributed by atoms with Crippen LogP contribution in [-0.4, -0.2) is 35.1 Å². The van der Waals surface area contributed by atoms with E-state index in [4.69, 9.17) is 4.74 Å². The van der Waals surface area contributed by atoms with Gasteiger partial charge in [0.1, 0.15) is 0 Å². The first-order valence-corrected chi connectivity index (χ1v) is 10.2. The second-order valence-corrected chi connectivity index (χ2v) is 7.95. The molecule has 2 atom stereocenters. The molecule has 1 aliphatic carbocycles. The van der Waals surface area contributed by atoms with E-state index in [9.17, 15) is 4.79 Å². The molecule has 1 aromatic carbocycles. The van der Waals surface area contributed by atoms with Crippen LogP contribution in [0.1, 0.15) is 40.0 Å². The number of fused-ring (bicyclic) bond motifs is 3. The van der Waals surface area contributed by atoms with Crippen molar-refractivity contribution in [3.05, 3.63) is 65.1 Å². The van der Waals surface area contributed by atoms with E-state index in [0.717, 1.165) is 30.3 Å². The SMILES string of the molecule is O=C(N[C@H]1COC[C@H]1Cc1ccncc1)c1cccc2c3c([nH]c12)CCCC3. The lowest BCUT2D eigenvalue weighted by Crippen LogP contribution is -2.40. The van der Waals surface area contributed by atoms with Gasteiger partial charge in [0.05, 0.1) is 30.3 Å². The highest BCUT2D eigenvalue weighted by Gasteiger charge is 2.30. The predicted octanol–water partition coefficient (Wildman–Crippen LogP) is 3.43. The second-order valence-electron chi connectivity index (χ2n) is 7.95. The first-order valence-electron chi connectivity index (χ1n) is 10.2. The molecule has 3 heterocycles. The lowest BCUT2D eigenvalue weighted by molar-refractivity contribution is 0.0926. The Bertz CT molecular complexity index is 996. The number of ether oxygens (including phenoxy) is 1. The summed E-state index contributed by atoms with van der Waals surface area (Å²) in [5, 5.41) is 4.45. The van der Waals surface area contributed by atoms with Crippen LogP contribution in [0.5, 0.6) is 0 Å². The molecule has 1 amide bonds. The van der Waals surface area contributed by atoms with Crippen molar-refractivity contribution in [2.45, 2.75) is 38.1 Å². The molecule has 28 heavy (non-hydrogen) atoms. The fourth-order valence-corrected chi connectivity index (χ4v) is 4.65. The number of para-hydroxylation sites is 1. The Morgan fingerprint density at radius 2 is 2.00 bits per heavy atom. The Morgan fingerprint density at radius 1 is 1.14 bits per heavy atom. The molecule has 0 bridgehead atoms. The maximum Gasteiger partial charge on any atom is 0.253 e. The number of aromatic nitrogens is 2. The van der Waals surface area contributed by atoms with E-state index in [1.807, 2.05) is 36.7 Å². The van der Waals surface area contributed by atoms with Crippen molar-refractivity contribution >= 4 is 16.8 Å². The summed E-state index contributed by atoms with van der Waals surface area (Å²) in [6.07, 6.45) is 9.14. The van der Waals surface area contributed by atoms with Crippen LogP contribution in [0.4, 0.5) is 0 Å². The molecule has 5 rings (SSSR count). The van der Waals surface area contributed by atoms with E-state index in [1.165, 1.54) is 35.0 Å². The Kier molecular flexibility index (Phi) is 4.61. The summed E-state index contributed by atoms with van der Waals surface area (Å²) in [4.78, 5) is 20.8. The molecular formula is C23H25N3O2. The van der Waals surface area contributed by atoms with Gasteiger partial charge in [-0.25, -0.2) is 0 Å². The summed E-state index contributed by atoms with van der Waals surface area (Å²) in [6.45, 7) is 1.24. The number of aromatic amines is 1. The van der Waals surface area contributed by atoms with Gasteiger partial charge < -0.3 is 15.0 Å². The zero-order valence-electron chi connectivity index (χ0n) is 15.9. The van der Waals surface area contributed by atoms with Gasteiger partial charge in [0, 0.05) is 29.4 Å². The minimum Gasteiger partial charge on any atom is -0.379 e. The van der Waals surface area contributed by atoms with Gasteiger partial charge in [-0.3, -0.25) is 9.78 Å². The van der Waals surface area contributed by atoms with Crippen LogP contribution >= 0.6 is 0 Å². The van der Waals surface area contributed by atoms with Crippen LogP contribution in [0.2, 0.25) is 0 Å². The van der Waals surface area contributed by atoms with Gasteiger partial charge in [-0.15, -0.1) is 0 Å². The number of carbonyl (C=O) groups excluding carboxylic acids is 1. The van der Waals surface area contributed by atoms with Gasteiger partial charge >= 0.3 is 0 Å². The standard InChI is InChI=1S/C23H25N3O2/c27-23(26-21-14-28-13-16(21)12-15-8-10-24-11-9-15)19-6-3-5-18-17-4-1-2-7-20(17)25-22(18)19/h3,5-6,8-11,16,21,25H,1-2,4,7,12-14H2,(H,26,27)/t16-,21+/m1/s1. The molecular weight excluding hydrogens is 350 g/mol. The van der Waals surface area contributed by atoms with Gasteiger partial charge in [0.2, 0.25) is 0 Å². The minimum absolute atomic E-state index is 0.0144. The van der Waals surface area contributed by atoms with Gasteiger partial charge in [-0.1, -0.05) is 12.1 Å². The third kappa shape index (κ3) is 3.20. The fraction of sp³-hybridized carbons (Fsp3) is 0.391. The maximum absolute atomic E-state index is 13.1. The quantitative estimate of drug-likeness (QED) is 0.734. The average Bonchev–Trinajstić information content (AvgIpc) is 3.32. The highest BCUT2D eigenvalue weighted by atomic mass is 16.5. The monoisotopic (exact) mass is 375 g/mol. The van der Waals surface area contributed by atoms with Crippen LogP contribution in [0, 0.1) is 5.92 Å². The number of benzene rings is 1. The number of amides is 1. The van der Waals surface area contributed by atoms with E-state index >= 15 is 0 Å². The summed E-state index contributed by atoms with van der Waals surface area (Å²) in [6, 6.07) is 10.1. The van der Waals surface area contributed by atoms with Crippen LogP contribution in [0.25, 0.3) is 10.9 Å². The molecule has 0 unspecified atom stereocenters. The van der Waals surface area contributed by atoms with Gasteiger partial charge in [-0.05, 0) is 61.4 Å². The van der Waals surface area contributed by atoms with E-state index in [0.29, 0.717) is 13.2 Å². The summed E-state index contributed by atoms with van der Waals surface area (Å²) >= 11 is 0. The molecule has 0 saturated carbocycles. The topological polar surface area (TPSA) is 67.0 Å². The molecule has 5 heteroatoms. The third-order valence-corrected chi connectivity index (χ3v) is 6.14. The molecule has 144 valence electrons. The van der Waals surface area contributed by atoms with Crippen molar-refractivity contribution in [1.82, 2.24) is 15.3 Å². The number of carbonyl (C=O) groups is 1. The molecule has 0 spiro atoms. The van der Waals surface area contributed by atoms with Gasteiger partial charge in [0.25, 0.3) is 5.91 Å². The molecule has 3 aromatic rings. The number of aryl methyl sites for hydroxylation is 2. The first-order chi connectivity index (χ1) is 13.8. The van der Waals surface area contributed by atoms with Gasteiger partial charge in [0.15, 0.2) is 0 Å². The average molecular weight is 375 g/mol. The van der Waals surface area contributed by atoms with Gasteiger partial charge in [-0.2, -0.15) is 0 Å². The first kappa shape index (κ1) is 17.4. The van der Waals surface area contributed by atoms with Crippen molar-refractivity contribution in [2.75, 3.05) is 13.2 Å². The Morgan fingerprint density at radius 3 is 2.89 bits per heavy atom. The van der Waals surface area contributed by atoms with Crippen molar-refractivity contribution in [3.63, 3.8) is 0 Å². The summed E-state index contributed by atoms with van der Waals surface area (Å²) in [7, 11) is 0. The van der Waals surface area contributed by atoms with E-state index in [1.54, 1.807) is 0 Å². The Hall–Kier alpha value is -2.66. The third-order valence-electron chi connectivity index (χ3n) is 6.14. The smallest absolute Gasteiger partial charge is 0.253 e. The molecule has 1 saturated heterocycles. The Balaban J connectivity index is 1.37.